The smallest absolute Gasteiger partial charge is 0.138 e. The zero-order valence-electron chi connectivity index (χ0n) is 39.1. The summed E-state index contributed by atoms with van der Waals surface area (Å²) in [5, 5.41) is 9.45. The van der Waals surface area contributed by atoms with E-state index in [0.717, 1.165) is 84.3 Å². The van der Waals surface area contributed by atoms with Crippen LogP contribution in [-0.4, -0.2) is 19.1 Å². The van der Waals surface area contributed by atoms with E-state index in [1.165, 1.54) is 37.7 Å². The predicted octanol–water partition coefficient (Wildman–Crippen LogP) is 17.6. The number of nitrogens with zero attached hydrogens (tertiary/aromatic N) is 6. The van der Waals surface area contributed by atoms with Crippen molar-refractivity contribution >= 4 is 99.3 Å². The normalized spacial score (nSPS) is 11.6. The van der Waals surface area contributed by atoms with E-state index in [2.05, 4.69) is 267 Å². The summed E-state index contributed by atoms with van der Waals surface area (Å²) in [6.07, 6.45) is 3.65. The number of aromatic nitrogens is 4. The zero-order chi connectivity index (χ0) is 47.5. The molecule has 0 aliphatic rings. The molecule has 0 unspecified atom stereocenters. The van der Waals surface area contributed by atoms with Crippen LogP contribution in [0.5, 0.6) is 0 Å². The van der Waals surface area contributed by atoms with Crippen LogP contribution in [0, 0.1) is 0 Å². The van der Waals surface area contributed by atoms with E-state index in [-0.39, 0.29) is 0 Å². The minimum absolute atomic E-state index is 0.847. The van der Waals surface area contributed by atoms with Crippen molar-refractivity contribution in [3.8, 4) is 22.8 Å². The lowest BCUT2D eigenvalue weighted by atomic mass is 9.99. The molecule has 4 heterocycles. The van der Waals surface area contributed by atoms with Gasteiger partial charge in [-0.2, -0.15) is 0 Å². The van der Waals surface area contributed by atoms with Crippen LogP contribution in [0.3, 0.4) is 0 Å². The number of hydrogen-bond acceptors (Lipinski definition) is 4. The highest BCUT2D eigenvalue weighted by molar-refractivity contribution is 6.30. The molecular formula is C66H44N6. The second-order valence-corrected chi connectivity index (χ2v) is 18.2. The van der Waals surface area contributed by atoms with Crippen LogP contribution >= 0.6 is 0 Å². The summed E-state index contributed by atoms with van der Waals surface area (Å²) in [5.41, 5.74) is 14.0. The maximum Gasteiger partial charge on any atom is 0.138 e. The Bertz CT molecular complexity index is 4240. The molecule has 0 bridgehead atoms. The Labute approximate surface area is 416 Å². The van der Waals surface area contributed by atoms with Gasteiger partial charge in [0.2, 0.25) is 0 Å². The standard InChI is InChI=1S/C66H44N6/c1-5-18-48(19-6-1)69(49-20-7-2-8-21-49)53-30-34-60-57(43-53)65-55-33-37-63-66(56(55)32-36-62(65)71(60)52-29-28-45-16-13-14-17-47(45)42-52)58-44-54(70(50-22-9-3-10-23-50)51-24-11-4-12-25-51)31-35-61(58)72(63)64-27-15-26-59(68-64)46-38-40-67-41-39-46/h1-44H. The number of hydrogen-bond donors (Lipinski definition) is 0. The van der Waals surface area contributed by atoms with Crippen molar-refractivity contribution in [1.29, 1.82) is 0 Å². The van der Waals surface area contributed by atoms with Gasteiger partial charge in [0.1, 0.15) is 5.82 Å². The number of benzene rings is 10. The number of pyridine rings is 2. The molecule has 14 rings (SSSR count). The lowest BCUT2D eigenvalue weighted by Crippen LogP contribution is -2.09. The van der Waals surface area contributed by atoms with Gasteiger partial charge in [-0.1, -0.05) is 121 Å². The number of anilines is 6. The Morgan fingerprint density at radius 3 is 1.32 bits per heavy atom. The third kappa shape index (κ3) is 6.80. The molecule has 0 fully saturated rings. The average Bonchev–Trinajstić information content (AvgIpc) is 3.97. The van der Waals surface area contributed by atoms with Gasteiger partial charge in [-0.25, -0.2) is 4.98 Å². The van der Waals surface area contributed by atoms with E-state index in [0.29, 0.717) is 0 Å². The highest BCUT2D eigenvalue weighted by Gasteiger charge is 2.23. The van der Waals surface area contributed by atoms with Gasteiger partial charge in [-0.05, 0) is 155 Å². The van der Waals surface area contributed by atoms with Crippen molar-refractivity contribution in [1.82, 2.24) is 19.1 Å². The average molecular weight is 921 g/mol. The molecule has 0 aliphatic heterocycles. The van der Waals surface area contributed by atoms with Gasteiger partial charge >= 0.3 is 0 Å². The van der Waals surface area contributed by atoms with Crippen LogP contribution in [0.25, 0.3) is 87.9 Å². The largest absolute Gasteiger partial charge is 0.310 e. The molecule has 72 heavy (non-hydrogen) atoms. The molecule has 10 aromatic carbocycles. The van der Waals surface area contributed by atoms with E-state index in [1.807, 2.05) is 24.5 Å². The van der Waals surface area contributed by atoms with Crippen molar-refractivity contribution in [2.45, 2.75) is 0 Å². The zero-order valence-corrected chi connectivity index (χ0v) is 39.1. The first-order valence-corrected chi connectivity index (χ1v) is 24.4. The number of para-hydroxylation sites is 4. The molecule has 6 heteroatoms. The summed E-state index contributed by atoms with van der Waals surface area (Å²) in [5.74, 6) is 0.847. The SMILES string of the molecule is c1ccc(N(c2ccccc2)c2ccc3c(c2)c2c4ccc5c(c4ccc2n3-c2ccc3ccccc3c2)c2cc(N(c3ccccc3)c3ccccc3)ccc2n5-c2cccc(-c3ccncc3)n2)cc1. The summed E-state index contributed by atoms with van der Waals surface area (Å²) in [4.78, 5) is 14.4. The molecule has 0 spiro atoms. The molecule has 0 saturated heterocycles. The summed E-state index contributed by atoms with van der Waals surface area (Å²) in [6.45, 7) is 0. The Morgan fingerprint density at radius 2 is 0.778 bits per heavy atom. The fourth-order valence-electron chi connectivity index (χ4n) is 11.0. The number of fused-ring (bicyclic) bond motifs is 10. The Kier molecular flexibility index (Phi) is 9.74. The highest BCUT2D eigenvalue weighted by Crippen LogP contribution is 2.46. The molecule has 4 aromatic heterocycles. The first kappa shape index (κ1) is 41.2. The minimum atomic E-state index is 0.847. The van der Waals surface area contributed by atoms with Gasteiger partial charge in [0, 0.05) is 79.3 Å². The maximum absolute atomic E-state index is 5.36. The highest BCUT2D eigenvalue weighted by atomic mass is 15.2. The third-order valence-corrected chi connectivity index (χ3v) is 14.1. The summed E-state index contributed by atoms with van der Waals surface area (Å²) < 4.78 is 4.79. The van der Waals surface area contributed by atoms with Crippen LogP contribution in [0.1, 0.15) is 0 Å². The molecule has 0 amide bonds. The topological polar surface area (TPSA) is 42.1 Å². The summed E-state index contributed by atoms with van der Waals surface area (Å²) in [7, 11) is 0. The van der Waals surface area contributed by atoms with E-state index in [9.17, 15) is 0 Å². The van der Waals surface area contributed by atoms with Gasteiger partial charge < -0.3 is 14.4 Å². The summed E-state index contributed by atoms with van der Waals surface area (Å²) in [6, 6.07) is 91.6. The predicted molar refractivity (Wildman–Crippen MR) is 301 cm³/mol. The first-order valence-electron chi connectivity index (χ1n) is 24.4. The lowest BCUT2D eigenvalue weighted by molar-refractivity contribution is 1.08. The van der Waals surface area contributed by atoms with Gasteiger partial charge in [-0.3, -0.25) is 9.55 Å². The molecule has 0 atom stereocenters. The first-order chi connectivity index (χ1) is 35.7. The second kappa shape index (κ2) is 17.0. The van der Waals surface area contributed by atoms with Gasteiger partial charge in [0.15, 0.2) is 0 Å². The molecule has 0 saturated carbocycles. The van der Waals surface area contributed by atoms with E-state index >= 15 is 0 Å². The lowest BCUT2D eigenvalue weighted by Gasteiger charge is -2.25. The fraction of sp³-hybridized carbons (Fsp3) is 0. The van der Waals surface area contributed by atoms with Crippen molar-refractivity contribution in [2.24, 2.45) is 0 Å². The maximum atomic E-state index is 5.36. The van der Waals surface area contributed by atoms with Gasteiger partial charge in [0.25, 0.3) is 0 Å². The van der Waals surface area contributed by atoms with Crippen LogP contribution in [0.15, 0.2) is 267 Å². The molecule has 338 valence electrons. The monoisotopic (exact) mass is 920 g/mol. The van der Waals surface area contributed by atoms with Crippen molar-refractivity contribution in [2.75, 3.05) is 9.80 Å². The van der Waals surface area contributed by atoms with Crippen LogP contribution in [0.2, 0.25) is 0 Å². The van der Waals surface area contributed by atoms with E-state index in [1.54, 1.807) is 0 Å². The van der Waals surface area contributed by atoms with Crippen molar-refractivity contribution < 1.29 is 0 Å². The fourth-order valence-corrected chi connectivity index (χ4v) is 11.0. The molecule has 0 radical (unpaired) electrons. The molecule has 0 aliphatic carbocycles. The Morgan fingerprint density at radius 1 is 0.306 bits per heavy atom. The van der Waals surface area contributed by atoms with E-state index in [4.69, 9.17) is 4.98 Å². The van der Waals surface area contributed by atoms with E-state index < -0.39 is 0 Å². The summed E-state index contributed by atoms with van der Waals surface area (Å²) >= 11 is 0. The van der Waals surface area contributed by atoms with Crippen molar-refractivity contribution in [3.05, 3.63) is 267 Å². The molecule has 14 aromatic rings. The molecule has 6 nitrogen and oxygen atoms in total. The van der Waals surface area contributed by atoms with Gasteiger partial charge in [-0.15, -0.1) is 0 Å². The van der Waals surface area contributed by atoms with Gasteiger partial charge in [0.05, 0.1) is 27.8 Å². The van der Waals surface area contributed by atoms with Crippen LogP contribution < -0.4 is 9.80 Å². The molecular weight excluding hydrogens is 877 g/mol. The Hall–Kier alpha value is -9.78. The molecule has 0 N–H and O–H groups in total. The second-order valence-electron chi connectivity index (χ2n) is 18.2. The third-order valence-electron chi connectivity index (χ3n) is 14.1. The van der Waals surface area contributed by atoms with Crippen LogP contribution in [-0.2, 0) is 0 Å². The van der Waals surface area contributed by atoms with Crippen LogP contribution in [0.4, 0.5) is 34.1 Å². The van der Waals surface area contributed by atoms with Crippen molar-refractivity contribution in [3.63, 3.8) is 0 Å². The quantitative estimate of drug-likeness (QED) is 0.145. The number of rotatable bonds is 9. The minimum Gasteiger partial charge on any atom is -0.310 e. The Balaban J connectivity index is 1.08.